The van der Waals surface area contributed by atoms with Gasteiger partial charge in [0.25, 0.3) is 0 Å². The zero-order valence-corrected chi connectivity index (χ0v) is 11.9. The molecule has 4 heteroatoms. The standard InChI is InChI=1S/C16H23NO3/c1-2-14(13-7-3-4-9-15(13)18)17-10-11-6-5-8-12(11)16(19)20/h3-4,7,9,11-12,14,17-18H,2,5-6,8,10H2,1H3,(H,19,20). The van der Waals surface area contributed by atoms with E-state index in [1.165, 1.54) is 0 Å². The molecule has 1 fully saturated rings. The van der Waals surface area contributed by atoms with Gasteiger partial charge < -0.3 is 15.5 Å². The molecule has 1 aromatic rings. The summed E-state index contributed by atoms with van der Waals surface area (Å²) in [6.45, 7) is 2.76. The maximum Gasteiger partial charge on any atom is 0.306 e. The normalized spacial score (nSPS) is 23.6. The molecule has 0 heterocycles. The van der Waals surface area contributed by atoms with Crippen LogP contribution < -0.4 is 5.32 Å². The number of aromatic hydroxyl groups is 1. The molecule has 0 bridgehead atoms. The van der Waals surface area contributed by atoms with Crippen molar-refractivity contribution in [1.29, 1.82) is 0 Å². The highest BCUT2D eigenvalue weighted by atomic mass is 16.4. The molecule has 0 amide bonds. The number of para-hydroxylation sites is 1. The van der Waals surface area contributed by atoms with E-state index in [2.05, 4.69) is 12.2 Å². The Labute approximate surface area is 119 Å². The molecule has 20 heavy (non-hydrogen) atoms. The topological polar surface area (TPSA) is 69.6 Å². The third-order valence-corrected chi connectivity index (χ3v) is 4.32. The molecule has 3 atom stereocenters. The van der Waals surface area contributed by atoms with Crippen molar-refractivity contribution < 1.29 is 15.0 Å². The molecule has 1 aliphatic rings. The lowest BCUT2D eigenvalue weighted by molar-refractivity contribution is -0.142. The van der Waals surface area contributed by atoms with Crippen molar-refractivity contribution in [3.05, 3.63) is 29.8 Å². The Morgan fingerprint density at radius 3 is 2.80 bits per heavy atom. The summed E-state index contributed by atoms with van der Waals surface area (Å²) in [4.78, 5) is 11.2. The molecule has 0 aliphatic heterocycles. The first-order valence-corrected chi connectivity index (χ1v) is 7.37. The predicted molar refractivity (Wildman–Crippen MR) is 77.6 cm³/mol. The van der Waals surface area contributed by atoms with Gasteiger partial charge in [-0.1, -0.05) is 31.5 Å². The van der Waals surface area contributed by atoms with Crippen LogP contribution in [0.5, 0.6) is 5.75 Å². The number of hydrogen-bond acceptors (Lipinski definition) is 3. The van der Waals surface area contributed by atoms with Crippen molar-refractivity contribution in [1.82, 2.24) is 5.32 Å². The van der Waals surface area contributed by atoms with Crippen LogP contribution >= 0.6 is 0 Å². The molecule has 0 saturated heterocycles. The van der Waals surface area contributed by atoms with Crippen LogP contribution in [0.4, 0.5) is 0 Å². The summed E-state index contributed by atoms with van der Waals surface area (Å²) in [5.74, 6) is -0.394. The minimum Gasteiger partial charge on any atom is -0.508 e. The first kappa shape index (κ1) is 14.9. The lowest BCUT2D eigenvalue weighted by Crippen LogP contribution is -2.31. The number of carbonyl (C=O) groups is 1. The summed E-state index contributed by atoms with van der Waals surface area (Å²) in [5.41, 5.74) is 0.889. The number of aliphatic carboxylic acids is 1. The van der Waals surface area contributed by atoms with E-state index in [0.717, 1.165) is 31.2 Å². The van der Waals surface area contributed by atoms with Gasteiger partial charge in [0, 0.05) is 11.6 Å². The quantitative estimate of drug-likeness (QED) is 0.747. The number of carboxylic acids is 1. The minimum atomic E-state index is -0.676. The van der Waals surface area contributed by atoms with Gasteiger partial charge in [0.2, 0.25) is 0 Å². The SMILES string of the molecule is CCC(NCC1CCCC1C(=O)O)c1ccccc1O. The molecule has 1 aliphatic carbocycles. The van der Waals surface area contributed by atoms with Gasteiger partial charge in [0.15, 0.2) is 0 Å². The molecule has 1 saturated carbocycles. The zero-order valence-electron chi connectivity index (χ0n) is 11.9. The van der Waals surface area contributed by atoms with Crippen molar-refractivity contribution in [3.8, 4) is 5.75 Å². The molecule has 3 unspecified atom stereocenters. The van der Waals surface area contributed by atoms with Gasteiger partial charge in [-0.05, 0) is 37.8 Å². The monoisotopic (exact) mass is 277 g/mol. The highest BCUT2D eigenvalue weighted by molar-refractivity contribution is 5.70. The van der Waals surface area contributed by atoms with Crippen molar-refractivity contribution in [2.45, 2.75) is 38.6 Å². The first-order valence-electron chi connectivity index (χ1n) is 7.37. The average Bonchev–Trinajstić information content (AvgIpc) is 2.90. The summed E-state index contributed by atoms with van der Waals surface area (Å²) in [7, 11) is 0. The third kappa shape index (κ3) is 3.31. The summed E-state index contributed by atoms with van der Waals surface area (Å²) < 4.78 is 0. The van der Waals surface area contributed by atoms with Crippen molar-refractivity contribution in [2.24, 2.45) is 11.8 Å². The number of hydrogen-bond donors (Lipinski definition) is 3. The van der Waals surface area contributed by atoms with E-state index in [-0.39, 0.29) is 17.9 Å². The van der Waals surface area contributed by atoms with E-state index in [4.69, 9.17) is 0 Å². The van der Waals surface area contributed by atoms with E-state index in [1.54, 1.807) is 6.07 Å². The highest BCUT2D eigenvalue weighted by Crippen LogP contribution is 2.33. The van der Waals surface area contributed by atoms with Crippen LogP contribution in [-0.4, -0.2) is 22.7 Å². The largest absolute Gasteiger partial charge is 0.508 e. The van der Waals surface area contributed by atoms with Crippen molar-refractivity contribution >= 4 is 5.97 Å². The number of benzene rings is 1. The van der Waals surface area contributed by atoms with Gasteiger partial charge >= 0.3 is 5.97 Å². The van der Waals surface area contributed by atoms with Crippen LogP contribution in [0.15, 0.2) is 24.3 Å². The lowest BCUT2D eigenvalue weighted by Gasteiger charge is -2.22. The molecule has 2 rings (SSSR count). The lowest BCUT2D eigenvalue weighted by atomic mass is 9.95. The minimum absolute atomic E-state index is 0.0752. The molecule has 0 radical (unpaired) electrons. The van der Waals surface area contributed by atoms with Gasteiger partial charge in [-0.25, -0.2) is 0 Å². The van der Waals surface area contributed by atoms with Crippen LogP contribution in [0.25, 0.3) is 0 Å². The Morgan fingerprint density at radius 2 is 2.15 bits per heavy atom. The molecular formula is C16H23NO3. The summed E-state index contributed by atoms with van der Waals surface area (Å²) >= 11 is 0. The van der Waals surface area contributed by atoms with E-state index in [1.807, 2.05) is 18.2 Å². The fourth-order valence-corrected chi connectivity index (χ4v) is 3.16. The van der Waals surface area contributed by atoms with Crippen LogP contribution in [0.2, 0.25) is 0 Å². The number of carboxylic acid groups (broad SMARTS) is 1. The highest BCUT2D eigenvalue weighted by Gasteiger charge is 2.32. The average molecular weight is 277 g/mol. The fraction of sp³-hybridized carbons (Fsp3) is 0.562. The number of phenolic OH excluding ortho intramolecular Hbond substituents is 1. The molecule has 0 aromatic heterocycles. The van der Waals surface area contributed by atoms with Gasteiger partial charge in [0.1, 0.15) is 5.75 Å². The smallest absolute Gasteiger partial charge is 0.306 e. The Morgan fingerprint density at radius 1 is 1.40 bits per heavy atom. The van der Waals surface area contributed by atoms with E-state index < -0.39 is 5.97 Å². The molecule has 3 N–H and O–H groups in total. The second kappa shape index (κ2) is 6.75. The summed E-state index contributed by atoms with van der Waals surface area (Å²) in [6.07, 6.45) is 3.62. The van der Waals surface area contributed by atoms with Gasteiger partial charge in [0.05, 0.1) is 5.92 Å². The molecular weight excluding hydrogens is 254 g/mol. The number of rotatable bonds is 6. The van der Waals surface area contributed by atoms with Crippen LogP contribution in [0.3, 0.4) is 0 Å². The second-order valence-electron chi connectivity index (χ2n) is 5.56. The molecule has 1 aromatic carbocycles. The van der Waals surface area contributed by atoms with E-state index >= 15 is 0 Å². The summed E-state index contributed by atoms with van der Waals surface area (Å²) in [5, 5.41) is 22.5. The van der Waals surface area contributed by atoms with Crippen molar-refractivity contribution in [3.63, 3.8) is 0 Å². The molecule has 110 valence electrons. The maximum atomic E-state index is 11.2. The van der Waals surface area contributed by atoms with E-state index in [0.29, 0.717) is 12.3 Å². The zero-order chi connectivity index (χ0) is 14.5. The Hall–Kier alpha value is -1.55. The predicted octanol–water partition coefficient (Wildman–Crippen LogP) is 2.93. The Kier molecular flexibility index (Phi) is 5.01. The van der Waals surface area contributed by atoms with Crippen LogP contribution in [0, 0.1) is 11.8 Å². The Bertz CT molecular complexity index is 461. The number of phenols is 1. The fourth-order valence-electron chi connectivity index (χ4n) is 3.16. The second-order valence-corrected chi connectivity index (χ2v) is 5.56. The van der Waals surface area contributed by atoms with E-state index in [9.17, 15) is 15.0 Å². The number of nitrogens with one attached hydrogen (secondary N) is 1. The van der Waals surface area contributed by atoms with Crippen LogP contribution in [-0.2, 0) is 4.79 Å². The molecule has 4 nitrogen and oxygen atoms in total. The Balaban J connectivity index is 1.98. The first-order chi connectivity index (χ1) is 9.63. The van der Waals surface area contributed by atoms with Gasteiger partial charge in [-0.2, -0.15) is 0 Å². The molecule has 0 spiro atoms. The van der Waals surface area contributed by atoms with Crippen molar-refractivity contribution in [2.75, 3.05) is 6.54 Å². The summed E-state index contributed by atoms with van der Waals surface area (Å²) in [6, 6.07) is 7.40. The van der Waals surface area contributed by atoms with Crippen LogP contribution in [0.1, 0.15) is 44.2 Å². The maximum absolute atomic E-state index is 11.2. The third-order valence-electron chi connectivity index (χ3n) is 4.32. The van der Waals surface area contributed by atoms with Gasteiger partial charge in [-0.15, -0.1) is 0 Å². The van der Waals surface area contributed by atoms with Gasteiger partial charge in [-0.3, -0.25) is 4.79 Å².